The van der Waals surface area contributed by atoms with Crippen molar-refractivity contribution in [1.82, 2.24) is 10.6 Å². The predicted molar refractivity (Wildman–Crippen MR) is 85.9 cm³/mol. The normalized spacial score (nSPS) is 18.6. The molecule has 1 heterocycles. The molecule has 1 aromatic rings. The van der Waals surface area contributed by atoms with E-state index in [1.54, 1.807) is 12.1 Å². The Bertz CT molecular complexity index is 548. The van der Waals surface area contributed by atoms with Gasteiger partial charge in [-0.3, -0.25) is 9.59 Å². The average Bonchev–Trinajstić information content (AvgIpc) is 2.46. The van der Waals surface area contributed by atoms with Crippen LogP contribution in [-0.4, -0.2) is 36.2 Å². The Morgan fingerprint density at radius 2 is 2.24 bits per heavy atom. The number of carbonyl (C=O) groups is 2. The molecule has 0 saturated carbocycles. The fraction of sp³-hybridized carbons (Fsp3) is 0.467. The summed E-state index contributed by atoms with van der Waals surface area (Å²) in [5.74, 6) is -0.147. The number of fused-ring (bicyclic) bond motifs is 1. The number of hydrogen-bond donors (Lipinski definition) is 3. The minimum atomic E-state index is -0.125. The average molecular weight is 307 g/mol. The van der Waals surface area contributed by atoms with Crippen molar-refractivity contribution < 1.29 is 9.59 Å². The van der Waals surface area contributed by atoms with E-state index in [1.807, 2.05) is 26.8 Å². The summed E-state index contributed by atoms with van der Waals surface area (Å²) in [5.41, 5.74) is 1.28. The minimum Gasteiger partial charge on any atom is -0.350 e. The molecule has 114 valence electrons. The number of benzene rings is 1. The van der Waals surface area contributed by atoms with Crippen LogP contribution in [0.15, 0.2) is 23.1 Å². The maximum atomic E-state index is 12.1. The molecule has 1 unspecified atom stereocenters. The molecule has 0 aliphatic carbocycles. The molecule has 0 radical (unpaired) electrons. The van der Waals surface area contributed by atoms with Crippen LogP contribution in [-0.2, 0) is 4.79 Å². The molecule has 0 aromatic heterocycles. The van der Waals surface area contributed by atoms with Crippen LogP contribution < -0.4 is 16.0 Å². The van der Waals surface area contributed by atoms with Gasteiger partial charge in [0.05, 0.1) is 10.9 Å². The van der Waals surface area contributed by atoms with Crippen molar-refractivity contribution in [3.05, 3.63) is 23.8 Å². The number of thioether (sulfide) groups is 1. The molecule has 1 aliphatic rings. The van der Waals surface area contributed by atoms with E-state index < -0.39 is 0 Å². The molecular formula is C15H21N3O2S. The monoisotopic (exact) mass is 307 g/mol. The summed E-state index contributed by atoms with van der Waals surface area (Å²) in [6, 6.07) is 5.65. The molecule has 6 heteroatoms. The van der Waals surface area contributed by atoms with E-state index in [1.165, 1.54) is 11.8 Å². The first-order chi connectivity index (χ1) is 10.0. The van der Waals surface area contributed by atoms with Gasteiger partial charge < -0.3 is 16.0 Å². The number of amides is 2. The summed E-state index contributed by atoms with van der Waals surface area (Å²) >= 11 is 1.51. The quantitative estimate of drug-likeness (QED) is 0.776. The van der Waals surface area contributed by atoms with E-state index in [-0.39, 0.29) is 23.1 Å². The summed E-state index contributed by atoms with van der Waals surface area (Å²) in [4.78, 5) is 24.8. The van der Waals surface area contributed by atoms with Gasteiger partial charge in [0.1, 0.15) is 0 Å². The van der Waals surface area contributed by atoms with Crippen LogP contribution in [0, 0.1) is 0 Å². The molecule has 0 saturated heterocycles. The fourth-order valence-corrected chi connectivity index (χ4v) is 3.05. The molecule has 0 bridgehead atoms. The van der Waals surface area contributed by atoms with Crippen LogP contribution in [0.25, 0.3) is 0 Å². The van der Waals surface area contributed by atoms with Gasteiger partial charge in [0.15, 0.2) is 0 Å². The first kappa shape index (κ1) is 15.9. The molecule has 2 amide bonds. The van der Waals surface area contributed by atoms with Crippen molar-refractivity contribution in [1.29, 1.82) is 0 Å². The second-order valence-electron chi connectivity index (χ2n) is 5.13. The summed E-state index contributed by atoms with van der Waals surface area (Å²) < 4.78 is 0. The zero-order valence-electron chi connectivity index (χ0n) is 12.5. The summed E-state index contributed by atoms with van der Waals surface area (Å²) in [6.07, 6.45) is 0. The fourth-order valence-electron chi connectivity index (χ4n) is 2.12. The van der Waals surface area contributed by atoms with Crippen LogP contribution in [0.3, 0.4) is 0 Å². The van der Waals surface area contributed by atoms with E-state index in [2.05, 4.69) is 16.0 Å². The molecule has 1 aliphatic heterocycles. The highest BCUT2D eigenvalue weighted by atomic mass is 32.2. The van der Waals surface area contributed by atoms with Gasteiger partial charge in [-0.1, -0.05) is 6.92 Å². The van der Waals surface area contributed by atoms with Crippen molar-refractivity contribution in [3.8, 4) is 0 Å². The zero-order chi connectivity index (χ0) is 15.4. The van der Waals surface area contributed by atoms with Gasteiger partial charge in [-0.15, -0.1) is 11.8 Å². The molecule has 3 N–H and O–H groups in total. The predicted octanol–water partition coefficient (Wildman–Crippen LogP) is 1.85. The van der Waals surface area contributed by atoms with E-state index in [9.17, 15) is 9.59 Å². The molecule has 2 rings (SSSR count). The molecular weight excluding hydrogens is 286 g/mol. The lowest BCUT2D eigenvalue weighted by atomic mass is 10.1. The second-order valence-corrected chi connectivity index (χ2v) is 6.51. The Labute approximate surface area is 129 Å². The van der Waals surface area contributed by atoms with Gasteiger partial charge in [-0.2, -0.15) is 0 Å². The molecule has 2 atom stereocenters. The third kappa shape index (κ3) is 3.98. The van der Waals surface area contributed by atoms with Crippen LogP contribution in [0.4, 0.5) is 5.69 Å². The van der Waals surface area contributed by atoms with Crippen molar-refractivity contribution >= 4 is 29.3 Å². The maximum absolute atomic E-state index is 12.1. The highest BCUT2D eigenvalue weighted by Gasteiger charge is 2.23. The van der Waals surface area contributed by atoms with E-state index in [0.717, 1.165) is 17.1 Å². The lowest BCUT2D eigenvalue weighted by Gasteiger charge is -2.22. The standard InChI is InChI=1S/C15H21N3O2S/c1-4-16-9(2)8-17-15(20)11-5-6-13-12(7-11)18-14(19)10(3)21-13/h5-7,9-10,16H,4,8H2,1-3H3,(H,17,20)(H,18,19)/t9-,10?/m1/s1. The highest BCUT2D eigenvalue weighted by Crippen LogP contribution is 2.35. The third-order valence-corrected chi connectivity index (χ3v) is 4.47. The summed E-state index contributed by atoms with van der Waals surface area (Å²) in [5, 5.41) is 8.87. The van der Waals surface area contributed by atoms with Gasteiger partial charge in [-0.25, -0.2) is 0 Å². The van der Waals surface area contributed by atoms with Crippen LogP contribution >= 0.6 is 11.8 Å². The lowest BCUT2D eigenvalue weighted by Crippen LogP contribution is -2.38. The van der Waals surface area contributed by atoms with Crippen LogP contribution in [0.2, 0.25) is 0 Å². The third-order valence-electron chi connectivity index (χ3n) is 3.29. The number of carbonyl (C=O) groups excluding carboxylic acids is 2. The van der Waals surface area contributed by atoms with E-state index in [4.69, 9.17) is 0 Å². The molecule has 5 nitrogen and oxygen atoms in total. The van der Waals surface area contributed by atoms with Crippen molar-refractivity contribution in [2.24, 2.45) is 0 Å². The molecule has 0 fully saturated rings. The Balaban J connectivity index is 2.03. The Hall–Kier alpha value is -1.53. The van der Waals surface area contributed by atoms with Gasteiger partial charge in [0.2, 0.25) is 5.91 Å². The zero-order valence-corrected chi connectivity index (χ0v) is 13.3. The number of anilines is 1. The number of hydrogen-bond acceptors (Lipinski definition) is 4. The van der Waals surface area contributed by atoms with Crippen LogP contribution in [0.1, 0.15) is 31.1 Å². The first-order valence-electron chi connectivity index (χ1n) is 7.14. The smallest absolute Gasteiger partial charge is 0.251 e. The number of likely N-dealkylation sites (N-methyl/N-ethyl adjacent to an activating group) is 1. The van der Waals surface area contributed by atoms with Crippen molar-refractivity contribution in [3.63, 3.8) is 0 Å². The molecule has 0 spiro atoms. The van der Waals surface area contributed by atoms with Crippen molar-refractivity contribution in [2.75, 3.05) is 18.4 Å². The number of nitrogens with one attached hydrogen (secondary N) is 3. The number of rotatable bonds is 5. The van der Waals surface area contributed by atoms with Gasteiger partial charge in [-0.05, 0) is 38.6 Å². The Morgan fingerprint density at radius 3 is 2.95 bits per heavy atom. The van der Waals surface area contributed by atoms with Gasteiger partial charge in [0.25, 0.3) is 5.91 Å². The SMILES string of the molecule is CCN[C@H](C)CNC(=O)c1ccc2c(c1)NC(=O)C(C)S2. The van der Waals surface area contributed by atoms with Gasteiger partial charge >= 0.3 is 0 Å². The summed E-state index contributed by atoms with van der Waals surface area (Å²) in [7, 11) is 0. The summed E-state index contributed by atoms with van der Waals surface area (Å²) in [6.45, 7) is 7.36. The first-order valence-corrected chi connectivity index (χ1v) is 8.02. The van der Waals surface area contributed by atoms with Crippen molar-refractivity contribution in [2.45, 2.75) is 37.0 Å². The molecule has 21 heavy (non-hydrogen) atoms. The van der Waals surface area contributed by atoms with E-state index in [0.29, 0.717) is 12.1 Å². The molecule has 1 aromatic carbocycles. The maximum Gasteiger partial charge on any atom is 0.251 e. The lowest BCUT2D eigenvalue weighted by molar-refractivity contribution is -0.115. The van der Waals surface area contributed by atoms with E-state index >= 15 is 0 Å². The Morgan fingerprint density at radius 1 is 1.48 bits per heavy atom. The van der Waals surface area contributed by atoms with Crippen LogP contribution in [0.5, 0.6) is 0 Å². The highest BCUT2D eigenvalue weighted by molar-refractivity contribution is 8.00. The largest absolute Gasteiger partial charge is 0.350 e. The van der Waals surface area contributed by atoms with Gasteiger partial charge in [0, 0.05) is 23.0 Å². The second kappa shape index (κ2) is 6.95. The Kier molecular flexibility index (Phi) is 5.25. The topological polar surface area (TPSA) is 70.2 Å². The minimum absolute atomic E-state index is 0.0224.